The van der Waals surface area contributed by atoms with E-state index in [1.165, 1.54) is 44.3 Å². The maximum absolute atomic E-state index is 4.66. The van der Waals surface area contributed by atoms with E-state index in [1.54, 1.807) is 0 Å². The van der Waals surface area contributed by atoms with Crippen LogP contribution in [0.15, 0.2) is 12.3 Å². The number of hydrogen-bond acceptors (Lipinski definition) is 3. The molecule has 3 nitrogen and oxygen atoms in total. The molecule has 1 aromatic rings. The standard InChI is InChI=1S/C13H19N3/c1-2-11(14-8-1)5-6-12-7-9-15-13(16-12)10-3-4-10/h7,9-11,14H,1-6,8H2. The minimum atomic E-state index is 0.671. The van der Waals surface area contributed by atoms with Crippen molar-refractivity contribution in [3.63, 3.8) is 0 Å². The molecule has 0 spiro atoms. The van der Waals surface area contributed by atoms with Gasteiger partial charge in [-0.25, -0.2) is 9.97 Å². The number of aromatic nitrogens is 2. The van der Waals surface area contributed by atoms with Crippen LogP contribution in [0.5, 0.6) is 0 Å². The lowest BCUT2D eigenvalue weighted by atomic mass is 10.1. The van der Waals surface area contributed by atoms with Crippen LogP contribution < -0.4 is 5.32 Å². The summed E-state index contributed by atoms with van der Waals surface area (Å²) >= 11 is 0. The van der Waals surface area contributed by atoms with Crippen LogP contribution in [0.2, 0.25) is 0 Å². The Morgan fingerprint density at radius 1 is 1.31 bits per heavy atom. The maximum Gasteiger partial charge on any atom is 0.131 e. The lowest BCUT2D eigenvalue weighted by Gasteiger charge is -2.09. The van der Waals surface area contributed by atoms with Crippen molar-refractivity contribution in [1.82, 2.24) is 15.3 Å². The SMILES string of the molecule is c1cc(CCC2CCCN2)nc(C2CC2)n1. The van der Waals surface area contributed by atoms with Gasteiger partial charge in [-0.3, -0.25) is 0 Å². The monoisotopic (exact) mass is 217 g/mol. The molecular formula is C13H19N3. The van der Waals surface area contributed by atoms with E-state index >= 15 is 0 Å². The molecule has 1 saturated carbocycles. The second-order valence-corrected chi connectivity index (χ2v) is 5.01. The van der Waals surface area contributed by atoms with E-state index in [0.717, 1.165) is 18.3 Å². The van der Waals surface area contributed by atoms with Gasteiger partial charge in [0, 0.05) is 23.9 Å². The molecule has 16 heavy (non-hydrogen) atoms. The van der Waals surface area contributed by atoms with Crippen LogP contribution >= 0.6 is 0 Å². The van der Waals surface area contributed by atoms with Gasteiger partial charge < -0.3 is 5.32 Å². The second kappa shape index (κ2) is 4.50. The molecule has 3 rings (SSSR count). The molecule has 1 aliphatic heterocycles. The topological polar surface area (TPSA) is 37.8 Å². The van der Waals surface area contributed by atoms with Crippen LogP contribution in [0.25, 0.3) is 0 Å². The molecule has 2 aliphatic rings. The van der Waals surface area contributed by atoms with Gasteiger partial charge in [0.2, 0.25) is 0 Å². The summed E-state index contributed by atoms with van der Waals surface area (Å²) in [5, 5.41) is 3.53. The van der Waals surface area contributed by atoms with Crippen molar-refractivity contribution in [2.24, 2.45) is 0 Å². The summed E-state index contributed by atoms with van der Waals surface area (Å²) in [6, 6.07) is 2.79. The minimum Gasteiger partial charge on any atom is -0.314 e. The summed E-state index contributed by atoms with van der Waals surface area (Å²) in [6.07, 6.45) is 9.49. The number of rotatable bonds is 4. The molecule has 3 heteroatoms. The van der Waals surface area contributed by atoms with Gasteiger partial charge in [-0.05, 0) is 51.1 Å². The van der Waals surface area contributed by atoms with Crippen LogP contribution in [0.4, 0.5) is 0 Å². The molecule has 1 unspecified atom stereocenters. The Morgan fingerprint density at radius 3 is 3.00 bits per heavy atom. The van der Waals surface area contributed by atoms with Gasteiger partial charge in [0.15, 0.2) is 0 Å². The van der Waals surface area contributed by atoms with Crippen LogP contribution in [-0.2, 0) is 6.42 Å². The summed E-state index contributed by atoms with van der Waals surface area (Å²) in [5.41, 5.74) is 1.23. The zero-order valence-electron chi connectivity index (χ0n) is 9.65. The highest BCUT2D eigenvalue weighted by Gasteiger charge is 2.26. The molecule has 1 aromatic heterocycles. The zero-order chi connectivity index (χ0) is 10.8. The van der Waals surface area contributed by atoms with E-state index in [9.17, 15) is 0 Å². The van der Waals surface area contributed by atoms with E-state index in [0.29, 0.717) is 5.92 Å². The fraction of sp³-hybridized carbons (Fsp3) is 0.692. The van der Waals surface area contributed by atoms with Crippen molar-refractivity contribution >= 4 is 0 Å². The third-order valence-electron chi connectivity index (χ3n) is 3.59. The highest BCUT2D eigenvalue weighted by atomic mass is 14.9. The molecule has 0 radical (unpaired) electrons. The Balaban J connectivity index is 1.58. The highest BCUT2D eigenvalue weighted by Crippen LogP contribution is 2.37. The summed E-state index contributed by atoms with van der Waals surface area (Å²) in [4.78, 5) is 9.01. The fourth-order valence-electron chi connectivity index (χ4n) is 2.42. The largest absolute Gasteiger partial charge is 0.314 e. The smallest absolute Gasteiger partial charge is 0.131 e. The molecule has 0 amide bonds. The summed E-state index contributed by atoms with van der Waals surface area (Å²) < 4.78 is 0. The Labute approximate surface area is 96.7 Å². The van der Waals surface area contributed by atoms with Gasteiger partial charge in [0.25, 0.3) is 0 Å². The summed E-state index contributed by atoms with van der Waals surface area (Å²) in [5.74, 6) is 1.75. The second-order valence-electron chi connectivity index (χ2n) is 5.01. The van der Waals surface area contributed by atoms with Gasteiger partial charge >= 0.3 is 0 Å². The third-order valence-corrected chi connectivity index (χ3v) is 3.59. The quantitative estimate of drug-likeness (QED) is 0.838. The lowest BCUT2D eigenvalue weighted by molar-refractivity contribution is 0.554. The van der Waals surface area contributed by atoms with Crippen molar-refractivity contribution < 1.29 is 0 Å². The number of nitrogens with zero attached hydrogens (tertiary/aromatic N) is 2. The van der Waals surface area contributed by atoms with E-state index in [1.807, 2.05) is 6.20 Å². The molecule has 0 bridgehead atoms. The normalized spacial score (nSPS) is 24.9. The Kier molecular flexibility index (Phi) is 2.87. The molecular weight excluding hydrogens is 198 g/mol. The number of nitrogens with one attached hydrogen (secondary N) is 1. The lowest BCUT2D eigenvalue weighted by Crippen LogP contribution is -2.21. The first-order valence-corrected chi connectivity index (χ1v) is 6.47. The minimum absolute atomic E-state index is 0.671. The zero-order valence-corrected chi connectivity index (χ0v) is 9.65. The van der Waals surface area contributed by atoms with Crippen LogP contribution in [0, 0.1) is 0 Å². The summed E-state index contributed by atoms with van der Waals surface area (Å²) in [7, 11) is 0. The van der Waals surface area contributed by atoms with E-state index in [4.69, 9.17) is 0 Å². The van der Waals surface area contributed by atoms with Gasteiger partial charge in [0.05, 0.1) is 0 Å². The Morgan fingerprint density at radius 2 is 2.25 bits per heavy atom. The van der Waals surface area contributed by atoms with Crippen LogP contribution in [-0.4, -0.2) is 22.6 Å². The highest BCUT2D eigenvalue weighted by molar-refractivity contribution is 5.10. The Bertz CT molecular complexity index is 354. The molecule has 1 atom stereocenters. The molecule has 86 valence electrons. The maximum atomic E-state index is 4.66. The van der Waals surface area contributed by atoms with E-state index in [-0.39, 0.29) is 0 Å². The predicted molar refractivity (Wildman–Crippen MR) is 63.4 cm³/mol. The fourth-order valence-corrected chi connectivity index (χ4v) is 2.42. The third kappa shape index (κ3) is 2.40. The Hall–Kier alpha value is -0.960. The van der Waals surface area contributed by atoms with E-state index < -0.39 is 0 Å². The van der Waals surface area contributed by atoms with Gasteiger partial charge in [-0.1, -0.05) is 0 Å². The molecule has 0 aromatic carbocycles. The number of aryl methyl sites for hydroxylation is 1. The van der Waals surface area contributed by atoms with Crippen molar-refractivity contribution in [2.75, 3.05) is 6.54 Å². The van der Waals surface area contributed by atoms with Crippen molar-refractivity contribution in [2.45, 2.75) is 50.5 Å². The predicted octanol–water partition coefficient (Wildman–Crippen LogP) is 2.04. The van der Waals surface area contributed by atoms with E-state index in [2.05, 4.69) is 21.4 Å². The molecule has 2 heterocycles. The van der Waals surface area contributed by atoms with Crippen LogP contribution in [0.1, 0.15) is 49.5 Å². The summed E-state index contributed by atoms with van der Waals surface area (Å²) in [6.45, 7) is 1.20. The first kappa shape index (κ1) is 10.2. The van der Waals surface area contributed by atoms with Crippen LogP contribution in [0.3, 0.4) is 0 Å². The average Bonchev–Trinajstić information content (AvgIpc) is 3.05. The van der Waals surface area contributed by atoms with Gasteiger partial charge in [-0.15, -0.1) is 0 Å². The van der Waals surface area contributed by atoms with Crippen molar-refractivity contribution in [3.05, 3.63) is 23.8 Å². The molecule has 1 aliphatic carbocycles. The first-order valence-electron chi connectivity index (χ1n) is 6.47. The van der Waals surface area contributed by atoms with Gasteiger partial charge in [-0.2, -0.15) is 0 Å². The number of hydrogen-bond donors (Lipinski definition) is 1. The molecule has 1 saturated heterocycles. The molecule has 1 N–H and O–H groups in total. The van der Waals surface area contributed by atoms with Gasteiger partial charge in [0.1, 0.15) is 5.82 Å². The molecule has 2 fully saturated rings. The first-order chi connectivity index (χ1) is 7.92. The van der Waals surface area contributed by atoms with Crippen molar-refractivity contribution in [3.8, 4) is 0 Å². The van der Waals surface area contributed by atoms with Crippen molar-refractivity contribution in [1.29, 1.82) is 0 Å². The average molecular weight is 217 g/mol.